The molecular formula is C35H42N2O6. The van der Waals surface area contributed by atoms with Crippen LogP contribution in [0.15, 0.2) is 97.1 Å². The molecule has 1 fully saturated rings. The van der Waals surface area contributed by atoms with Gasteiger partial charge in [0.25, 0.3) is 0 Å². The first kappa shape index (κ1) is 32.0. The number of methoxy groups -OCH3 is 2. The number of nitrogens with zero attached hydrogens (tertiary/aromatic N) is 2. The van der Waals surface area contributed by atoms with Gasteiger partial charge in [-0.2, -0.15) is 0 Å². The Hall–Kier alpha value is -3.95. The lowest BCUT2D eigenvalue weighted by Crippen LogP contribution is -2.49. The molecule has 0 saturated carbocycles. The number of allylic oxidation sites excluding steroid dienone is 2. The summed E-state index contributed by atoms with van der Waals surface area (Å²) in [5.74, 6) is 1.22. The molecule has 3 aromatic rings. The molecule has 1 aliphatic heterocycles. The molecular weight excluding hydrogens is 544 g/mol. The van der Waals surface area contributed by atoms with E-state index >= 15 is 0 Å². The number of benzene rings is 3. The van der Waals surface area contributed by atoms with Gasteiger partial charge in [0.15, 0.2) is 18.3 Å². The summed E-state index contributed by atoms with van der Waals surface area (Å²) in [4.78, 5) is 17.0. The molecule has 0 bridgehead atoms. The van der Waals surface area contributed by atoms with E-state index in [0.29, 0.717) is 44.4 Å². The summed E-state index contributed by atoms with van der Waals surface area (Å²) in [5, 5.41) is 0. The third-order valence-electron chi connectivity index (χ3n) is 7.14. The van der Waals surface area contributed by atoms with Crippen molar-refractivity contribution in [1.82, 2.24) is 9.80 Å². The number of carbonyl (C=O) groups excluding carboxylic acids is 1. The van der Waals surface area contributed by atoms with Crippen LogP contribution in [-0.4, -0.2) is 89.3 Å². The number of rotatable bonds is 16. The van der Waals surface area contributed by atoms with Crippen LogP contribution >= 0.6 is 0 Å². The van der Waals surface area contributed by atoms with E-state index in [1.165, 1.54) is 0 Å². The van der Waals surface area contributed by atoms with Gasteiger partial charge in [0, 0.05) is 45.9 Å². The molecule has 0 unspecified atom stereocenters. The molecule has 228 valence electrons. The van der Waals surface area contributed by atoms with E-state index in [0.717, 1.165) is 36.3 Å². The molecule has 0 N–H and O–H groups in total. The second-order valence-electron chi connectivity index (χ2n) is 10.0. The lowest BCUT2D eigenvalue weighted by Gasteiger charge is -2.34. The maximum absolute atomic E-state index is 12.8. The predicted octanol–water partition coefficient (Wildman–Crippen LogP) is 5.21. The highest BCUT2D eigenvalue weighted by atomic mass is 16.7. The Morgan fingerprint density at radius 2 is 1.51 bits per heavy atom. The predicted molar refractivity (Wildman–Crippen MR) is 168 cm³/mol. The maximum Gasteiger partial charge on any atom is 0.246 e. The van der Waals surface area contributed by atoms with Crippen molar-refractivity contribution in [3.8, 4) is 11.5 Å². The third kappa shape index (κ3) is 10.4. The van der Waals surface area contributed by atoms with Crippen molar-refractivity contribution in [2.45, 2.75) is 6.10 Å². The van der Waals surface area contributed by atoms with Gasteiger partial charge in [0.2, 0.25) is 5.91 Å². The molecule has 1 amide bonds. The van der Waals surface area contributed by atoms with Gasteiger partial charge in [-0.05, 0) is 28.8 Å². The topological polar surface area (TPSA) is 69.7 Å². The summed E-state index contributed by atoms with van der Waals surface area (Å²) >= 11 is 0. The minimum atomic E-state index is -0.0957. The van der Waals surface area contributed by atoms with Crippen molar-refractivity contribution in [3.05, 3.63) is 114 Å². The van der Waals surface area contributed by atoms with Gasteiger partial charge >= 0.3 is 0 Å². The summed E-state index contributed by atoms with van der Waals surface area (Å²) in [7, 11) is 3.22. The standard InChI is InChI=1S/C35H42N2O6/c1-39-25-26-41-28-43-32-18-17-29(27-33(32)40-2)11-9-10-16-34(38)37-21-19-36(20-22-37)23-24-42-35(30-12-5-3-6-13-30)31-14-7-4-8-15-31/h3-18,27,35H,19-26,28H2,1-2H3. The SMILES string of the molecule is COCCOCOc1ccc(C=CC=CC(=O)N2CCN(CCOC(c3ccccc3)c3ccccc3)CC2)cc1OC. The Morgan fingerprint density at radius 3 is 2.16 bits per heavy atom. The van der Waals surface area contributed by atoms with E-state index in [9.17, 15) is 4.79 Å². The first-order valence-electron chi connectivity index (χ1n) is 14.6. The molecule has 0 radical (unpaired) electrons. The lowest BCUT2D eigenvalue weighted by molar-refractivity contribution is -0.127. The Bertz CT molecular complexity index is 1250. The molecule has 0 aliphatic carbocycles. The fourth-order valence-corrected chi connectivity index (χ4v) is 4.76. The van der Waals surface area contributed by atoms with Crippen LogP contribution in [-0.2, 0) is 19.0 Å². The molecule has 4 rings (SSSR count). The number of amides is 1. The zero-order chi connectivity index (χ0) is 30.1. The maximum atomic E-state index is 12.8. The van der Waals surface area contributed by atoms with Crippen molar-refractivity contribution >= 4 is 12.0 Å². The molecule has 1 aliphatic rings. The van der Waals surface area contributed by atoms with Crippen molar-refractivity contribution < 1.29 is 28.5 Å². The molecule has 0 atom stereocenters. The summed E-state index contributed by atoms with van der Waals surface area (Å²) in [6, 6.07) is 26.3. The van der Waals surface area contributed by atoms with Gasteiger partial charge in [-0.25, -0.2) is 0 Å². The number of piperazine rings is 1. The van der Waals surface area contributed by atoms with Gasteiger partial charge in [-0.15, -0.1) is 0 Å². The Balaban J connectivity index is 1.19. The zero-order valence-corrected chi connectivity index (χ0v) is 25.1. The van der Waals surface area contributed by atoms with Crippen molar-refractivity contribution in [2.24, 2.45) is 0 Å². The second-order valence-corrected chi connectivity index (χ2v) is 10.0. The monoisotopic (exact) mass is 586 g/mol. The Morgan fingerprint density at radius 1 is 0.814 bits per heavy atom. The van der Waals surface area contributed by atoms with Crippen LogP contribution in [0.25, 0.3) is 6.08 Å². The van der Waals surface area contributed by atoms with E-state index in [-0.39, 0.29) is 18.8 Å². The summed E-state index contributed by atoms with van der Waals surface area (Å²) in [6.07, 6.45) is 7.06. The highest BCUT2D eigenvalue weighted by molar-refractivity contribution is 5.88. The van der Waals surface area contributed by atoms with Gasteiger partial charge in [0.1, 0.15) is 6.10 Å². The normalized spacial score (nSPS) is 14.2. The lowest BCUT2D eigenvalue weighted by atomic mass is 10.0. The molecule has 43 heavy (non-hydrogen) atoms. The van der Waals surface area contributed by atoms with Gasteiger partial charge in [0.05, 0.1) is 26.9 Å². The van der Waals surface area contributed by atoms with Crippen LogP contribution in [0.4, 0.5) is 0 Å². The minimum absolute atomic E-state index is 0.0172. The number of carbonyl (C=O) groups is 1. The Labute approximate surface area is 255 Å². The molecule has 1 saturated heterocycles. The molecule has 0 aromatic heterocycles. The van der Waals surface area contributed by atoms with Crippen LogP contribution < -0.4 is 9.47 Å². The van der Waals surface area contributed by atoms with E-state index in [2.05, 4.69) is 29.2 Å². The summed E-state index contributed by atoms with van der Waals surface area (Å²) < 4.78 is 27.8. The van der Waals surface area contributed by atoms with Gasteiger partial charge in [-0.3, -0.25) is 9.69 Å². The average molecular weight is 587 g/mol. The second kappa shape index (κ2) is 17.9. The summed E-state index contributed by atoms with van der Waals surface area (Å²) in [6.45, 7) is 5.57. The molecule has 8 heteroatoms. The third-order valence-corrected chi connectivity index (χ3v) is 7.14. The van der Waals surface area contributed by atoms with E-state index in [1.54, 1.807) is 26.4 Å². The minimum Gasteiger partial charge on any atom is -0.493 e. The van der Waals surface area contributed by atoms with Crippen LogP contribution in [0.3, 0.4) is 0 Å². The molecule has 3 aromatic carbocycles. The smallest absolute Gasteiger partial charge is 0.246 e. The van der Waals surface area contributed by atoms with Crippen LogP contribution in [0.2, 0.25) is 0 Å². The van der Waals surface area contributed by atoms with Crippen LogP contribution in [0, 0.1) is 0 Å². The molecule has 8 nitrogen and oxygen atoms in total. The summed E-state index contributed by atoms with van der Waals surface area (Å²) in [5.41, 5.74) is 3.23. The number of hydrogen-bond donors (Lipinski definition) is 0. The largest absolute Gasteiger partial charge is 0.493 e. The van der Waals surface area contributed by atoms with Crippen molar-refractivity contribution in [1.29, 1.82) is 0 Å². The highest BCUT2D eigenvalue weighted by Crippen LogP contribution is 2.29. The quantitative estimate of drug-likeness (QED) is 0.0988. The first-order valence-corrected chi connectivity index (χ1v) is 14.6. The number of ether oxygens (including phenoxy) is 5. The first-order chi connectivity index (χ1) is 21.2. The molecule has 1 heterocycles. The fourth-order valence-electron chi connectivity index (χ4n) is 4.76. The van der Waals surface area contributed by atoms with Crippen molar-refractivity contribution in [2.75, 3.05) is 73.6 Å². The number of hydrogen-bond acceptors (Lipinski definition) is 7. The van der Waals surface area contributed by atoms with Crippen molar-refractivity contribution in [3.63, 3.8) is 0 Å². The van der Waals surface area contributed by atoms with E-state index in [1.807, 2.05) is 71.6 Å². The Kier molecular flexibility index (Phi) is 13.3. The highest BCUT2D eigenvalue weighted by Gasteiger charge is 2.20. The van der Waals surface area contributed by atoms with Crippen LogP contribution in [0.1, 0.15) is 22.8 Å². The fraction of sp³-hybridized carbons (Fsp3) is 0.343. The van der Waals surface area contributed by atoms with E-state index in [4.69, 9.17) is 23.7 Å². The van der Waals surface area contributed by atoms with Gasteiger partial charge in [-0.1, -0.05) is 85.0 Å². The van der Waals surface area contributed by atoms with Gasteiger partial charge < -0.3 is 28.6 Å². The molecule has 0 spiro atoms. The zero-order valence-electron chi connectivity index (χ0n) is 25.1. The van der Waals surface area contributed by atoms with Crippen LogP contribution in [0.5, 0.6) is 11.5 Å². The van der Waals surface area contributed by atoms with E-state index < -0.39 is 0 Å². The average Bonchev–Trinajstić information content (AvgIpc) is 3.06.